The van der Waals surface area contributed by atoms with Gasteiger partial charge < -0.3 is 5.32 Å². The Morgan fingerprint density at radius 2 is 2.27 bits per heavy atom. The van der Waals surface area contributed by atoms with Gasteiger partial charge in [-0.1, -0.05) is 6.92 Å². The van der Waals surface area contributed by atoms with E-state index < -0.39 is 0 Å². The maximum Gasteiger partial charge on any atom is 0.221 e. The highest BCUT2D eigenvalue weighted by molar-refractivity contribution is 5.76. The molecule has 1 aliphatic rings. The average molecular weight is 209 g/mol. The molecular formula is C11H19N3O. The number of carbonyl (C=O) groups is 1. The Bertz CT molecular complexity index is 243. The predicted octanol–water partition coefficient (Wildman–Crippen LogP) is 0.891. The Balaban J connectivity index is 2.13. The summed E-state index contributed by atoms with van der Waals surface area (Å²) in [6, 6.07) is 2.56. The van der Waals surface area contributed by atoms with Crippen LogP contribution in [0.15, 0.2) is 0 Å². The minimum absolute atomic E-state index is 0.122. The molecule has 0 aromatic rings. The van der Waals surface area contributed by atoms with Crippen LogP contribution in [0.25, 0.3) is 0 Å². The quantitative estimate of drug-likeness (QED) is 0.633. The number of nitrogens with one attached hydrogen (secondary N) is 1. The van der Waals surface area contributed by atoms with Crippen LogP contribution in [0.5, 0.6) is 0 Å². The molecule has 0 bridgehead atoms. The van der Waals surface area contributed by atoms with Crippen molar-refractivity contribution in [2.75, 3.05) is 19.6 Å². The van der Waals surface area contributed by atoms with Crippen LogP contribution in [0, 0.1) is 11.3 Å². The number of amides is 1. The van der Waals surface area contributed by atoms with E-state index in [4.69, 9.17) is 5.26 Å². The summed E-state index contributed by atoms with van der Waals surface area (Å²) in [6.45, 7) is 4.09. The van der Waals surface area contributed by atoms with Crippen LogP contribution in [0.2, 0.25) is 0 Å². The highest BCUT2D eigenvalue weighted by Gasteiger charge is 2.23. The number of nitriles is 1. The van der Waals surface area contributed by atoms with Crippen molar-refractivity contribution in [2.24, 2.45) is 0 Å². The van der Waals surface area contributed by atoms with Gasteiger partial charge in [0.15, 0.2) is 0 Å². The molecule has 0 aromatic carbocycles. The molecule has 4 heteroatoms. The van der Waals surface area contributed by atoms with Crippen molar-refractivity contribution in [3.63, 3.8) is 0 Å². The summed E-state index contributed by atoms with van der Waals surface area (Å²) in [6.07, 6.45) is 3.79. The van der Waals surface area contributed by atoms with Gasteiger partial charge in [-0.05, 0) is 25.8 Å². The molecule has 0 radical (unpaired) electrons. The summed E-state index contributed by atoms with van der Waals surface area (Å²) >= 11 is 0. The molecule has 4 nitrogen and oxygen atoms in total. The van der Waals surface area contributed by atoms with Crippen molar-refractivity contribution in [1.82, 2.24) is 10.2 Å². The van der Waals surface area contributed by atoms with Crippen molar-refractivity contribution < 1.29 is 4.79 Å². The number of hydrogen-bond donors (Lipinski definition) is 1. The molecule has 0 aliphatic heterocycles. The fourth-order valence-corrected chi connectivity index (χ4v) is 1.47. The minimum atomic E-state index is 0.122. The molecule has 1 saturated carbocycles. The van der Waals surface area contributed by atoms with Crippen LogP contribution in [-0.2, 0) is 4.79 Å². The Hall–Kier alpha value is -1.08. The van der Waals surface area contributed by atoms with Gasteiger partial charge in [-0.15, -0.1) is 0 Å². The van der Waals surface area contributed by atoms with Crippen LogP contribution in [0.4, 0.5) is 0 Å². The second-order valence-electron chi connectivity index (χ2n) is 4.03. The van der Waals surface area contributed by atoms with E-state index in [1.54, 1.807) is 0 Å². The zero-order chi connectivity index (χ0) is 11.1. The van der Waals surface area contributed by atoms with Crippen LogP contribution in [0.3, 0.4) is 0 Å². The van der Waals surface area contributed by atoms with Gasteiger partial charge in [0.2, 0.25) is 5.91 Å². The fraction of sp³-hybridized carbons (Fsp3) is 0.818. The zero-order valence-electron chi connectivity index (χ0n) is 9.33. The lowest BCUT2D eigenvalue weighted by Crippen LogP contribution is -2.32. The average Bonchev–Trinajstić information content (AvgIpc) is 2.99. The number of nitrogens with zero attached hydrogens (tertiary/aromatic N) is 2. The standard InChI is InChI=1S/C11H19N3O/c1-2-7-14(9-6-12)8-5-11(15)13-10-3-4-10/h10H,2-5,7-9H2,1H3,(H,13,15). The van der Waals surface area contributed by atoms with Gasteiger partial charge in [0.1, 0.15) is 0 Å². The Labute approximate surface area is 91.2 Å². The van der Waals surface area contributed by atoms with Crippen molar-refractivity contribution in [1.29, 1.82) is 5.26 Å². The maximum absolute atomic E-state index is 11.4. The molecule has 0 aromatic heterocycles. The highest BCUT2D eigenvalue weighted by Crippen LogP contribution is 2.18. The van der Waals surface area contributed by atoms with E-state index in [0.717, 1.165) is 25.8 Å². The lowest BCUT2D eigenvalue weighted by atomic mass is 10.3. The molecule has 1 fully saturated rings. The molecule has 1 amide bonds. The monoisotopic (exact) mass is 209 g/mol. The summed E-state index contributed by atoms with van der Waals surface area (Å²) in [4.78, 5) is 13.4. The third-order valence-electron chi connectivity index (χ3n) is 2.43. The molecular weight excluding hydrogens is 190 g/mol. The van der Waals surface area contributed by atoms with Gasteiger partial charge >= 0.3 is 0 Å². The minimum Gasteiger partial charge on any atom is -0.353 e. The van der Waals surface area contributed by atoms with Crippen LogP contribution in [0.1, 0.15) is 32.6 Å². The van der Waals surface area contributed by atoms with Gasteiger partial charge in [-0.2, -0.15) is 5.26 Å². The summed E-state index contributed by atoms with van der Waals surface area (Å²) in [5.41, 5.74) is 0. The molecule has 84 valence electrons. The third-order valence-corrected chi connectivity index (χ3v) is 2.43. The lowest BCUT2D eigenvalue weighted by molar-refractivity contribution is -0.121. The molecule has 0 heterocycles. The molecule has 0 saturated heterocycles. The molecule has 1 N–H and O–H groups in total. The topological polar surface area (TPSA) is 56.1 Å². The van der Waals surface area contributed by atoms with Crippen molar-refractivity contribution in [3.05, 3.63) is 0 Å². The first-order valence-electron chi connectivity index (χ1n) is 5.65. The van der Waals surface area contributed by atoms with Crippen molar-refractivity contribution >= 4 is 5.91 Å². The Kier molecular flexibility index (Phi) is 5.13. The lowest BCUT2D eigenvalue weighted by Gasteiger charge is -2.17. The largest absolute Gasteiger partial charge is 0.353 e. The van der Waals surface area contributed by atoms with E-state index in [1.165, 1.54) is 0 Å². The van der Waals surface area contributed by atoms with Gasteiger partial charge in [-0.25, -0.2) is 0 Å². The van der Waals surface area contributed by atoms with E-state index in [9.17, 15) is 4.79 Å². The van der Waals surface area contributed by atoms with Crippen molar-refractivity contribution in [3.8, 4) is 6.07 Å². The van der Waals surface area contributed by atoms with Gasteiger partial charge in [0.25, 0.3) is 0 Å². The third kappa shape index (κ3) is 5.38. The van der Waals surface area contributed by atoms with E-state index in [0.29, 0.717) is 25.6 Å². The van der Waals surface area contributed by atoms with Crippen molar-refractivity contribution in [2.45, 2.75) is 38.6 Å². The van der Waals surface area contributed by atoms with Crippen LogP contribution < -0.4 is 5.32 Å². The van der Waals surface area contributed by atoms with Crippen LogP contribution in [-0.4, -0.2) is 36.5 Å². The van der Waals surface area contributed by atoms with Gasteiger partial charge in [0, 0.05) is 19.0 Å². The van der Waals surface area contributed by atoms with E-state index >= 15 is 0 Å². The Morgan fingerprint density at radius 1 is 1.53 bits per heavy atom. The molecule has 1 aliphatic carbocycles. The first-order valence-corrected chi connectivity index (χ1v) is 5.65. The summed E-state index contributed by atoms with van der Waals surface area (Å²) in [5.74, 6) is 0.122. The summed E-state index contributed by atoms with van der Waals surface area (Å²) in [7, 11) is 0. The predicted molar refractivity (Wildman–Crippen MR) is 58.1 cm³/mol. The summed E-state index contributed by atoms with van der Waals surface area (Å²) < 4.78 is 0. The van der Waals surface area contributed by atoms with E-state index in [2.05, 4.69) is 18.3 Å². The number of carbonyl (C=O) groups excluding carboxylic acids is 1. The van der Waals surface area contributed by atoms with Gasteiger partial charge in [-0.3, -0.25) is 9.69 Å². The second-order valence-corrected chi connectivity index (χ2v) is 4.03. The SMILES string of the molecule is CCCN(CC#N)CCC(=O)NC1CC1. The summed E-state index contributed by atoms with van der Waals surface area (Å²) in [5, 5.41) is 11.5. The highest BCUT2D eigenvalue weighted by atomic mass is 16.1. The molecule has 0 unspecified atom stereocenters. The molecule has 15 heavy (non-hydrogen) atoms. The van der Waals surface area contributed by atoms with E-state index in [1.807, 2.05) is 4.90 Å². The molecule has 0 atom stereocenters. The smallest absolute Gasteiger partial charge is 0.221 e. The molecule has 0 spiro atoms. The first kappa shape index (κ1) is 12.0. The van der Waals surface area contributed by atoms with Crippen LogP contribution >= 0.6 is 0 Å². The maximum atomic E-state index is 11.4. The zero-order valence-corrected chi connectivity index (χ0v) is 9.33. The Morgan fingerprint density at radius 3 is 2.80 bits per heavy atom. The second kappa shape index (κ2) is 6.41. The fourth-order valence-electron chi connectivity index (χ4n) is 1.47. The number of hydrogen-bond acceptors (Lipinski definition) is 3. The van der Waals surface area contributed by atoms with E-state index in [-0.39, 0.29) is 5.91 Å². The molecule has 1 rings (SSSR count). The number of rotatable bonds is 7. The first-order chi connectivity index (χ1) is 7.26. The normalized spacial score (nSPS) is 15.0. The van der Waals surface area contributed by atoms with Gasteiger partial charge in [0.05, 0.1) is 12.6 Å².